The van der Waals surface area contributed by atoms with Crippen LogP contribution in [0.1, 0.15) is 31.1 Å². The molecule has 0 saturated heterocycles. The minimum atomic E-state index is -1.26. The van der Waals surface area contributed by atoms with Crippen LogP contribution in [0, 0.1) is 0 Å². The summed E-state index contributed by atoms with van der Waals surface area (Å²) < 4.78 is 0. The highest BCUT2D eigenvalue weighted by Gasteiger charge is 2.30. The third-order valence-electron chi connectivity index (χ3n) is 3.63. The lowest BCUT2D eigenvalue weighted by Gasteiger charge is -2.31. The van der Waals surface area contributed by atoms with Crippen LogP contribution >= 0.6 is 0 Å². The largest absolute Gasteiger partial charge is 0.478 e. The van der Waals surface area contributed by atoms with Gasteiger partial charge in [0.15, 0.2) is 0 Å². The molecule has 1 aromatic carbocycles. The first-order chi connectivity index (χ1) is 11.7. The lowest BCUT2D eigenvalue weighted by atomic mass is 9.78. The summed E-state index contributed by atoms with van der Waals surface area (Å²) in [6.07, 6.45) is 2.93. The number of nitrogens with two attached hydrogens (primary N) is 1. The molecule has 2 rings (SSSR count). The van der Waals surface area contributed by atoms with Gasteiger partial charge in [-0.15, -0.1) is 0 Å². The zero-order chi connectivity index (χ0) is 18.9. The number of nitrogens with zero attached hydrogens (tertiary/aromatic N) is 1. The summed E-state index contributed by atoms with van der Waals surface area (Å²) in [6, 6.07) is 16.1. The molecule has 0 aliphatic carbocycles. The number of aromatic nitrogens is 1. The van der Waals surface area contributed by atoms with E-state index in [2.05, 4.69) is 31.0 Å². The van der Waals surface area contributed by atoms with E-state index < -0.39 is 11.9 Å². The monoisotopic (exact) mass is 342 g/mol. The molecule has 0 radical (unpaired) electrons. The molecule has 0 fully saturated rings. The third kappa shape index (κ3) is 6.56. The fourth-order valence-corrected chi connectivity index (χ4v) is 2.12. The number of carbonyl (C=O) groups is 2. The van der Waals surface area contributed by atoms with E-state index in [1.165, 1.54) is 0 Å². The van der Waals surface area contributed by atoms with Crippen LogP contribution in [0.25, 0.3) is 0 Å². The molecule has 4 N–H and O–H groups in total. The quantitative estimate of drug-likeness (QED) is 0.720. The lowest BCUT2D eigenvalue weighted by molar-refractivity contribution is -0.134. The molecule has 0 bridgehead atoms. The van der Waals surface area contributed by atoms with E-state index in [4.69, 9.17) is 15.9 Å². The van der Waals surface area contributed by atoms with Gasteiger partial charge in [-0.2, -0.15) is 0 Å². The Morgan fingerprint density at radius 2 is 1.52 bits per heavy atom. The van der Waals surface area contributed by atoms with Crippen LogP contribution in [-0.4, -0.2) is 27.1 Å². The highest BCUT2D eigenvalue weighted by atomic mass is 16.4. The molecule has 132 valence electrons. The first-order valence-corrected chi connectivity index (χ1v) is 7.61. The highest BCUT2D eigenvalue weighted by molar-refractivity contribution is 5.89. The fraction of sp³-hybridized carbons (Fsp3) is 0.211. The van der Waals surface area contributed by atoms with Crippen LogP contribution in [0.3, 0.4) is 0 Å². The molecule has 1 aromatic heterocycles. The number of benzene rings is 1. The van der Waals surface area contributed by atoms with Crippen molar-refractivity contribution in [2.24, 2.45) is 5.73 Å². The van der Waals surface area contributed by atoms with Gasteiger partial charge in [-0.25, -0.2) is 9.59 Å². The topological polar surface area (TPSA) is 114 Å². The maximum atomic E-state index is 9.55. The third-order valence-corrected chi connectivity index (χ3v) is 3.63. The van der Waals surface area contributed by atoms with E-state index in [9.17, 15) is 9.59 Å². The van der Waals surface area contributed by atoms with Crippen LogP contribution < -0.4 is 5.73 Å². The van der Waals surface area contributed by atoms with Gasteiger partial charge >= 0.3 is 11.9 Å². The maximum Gasteiger partial charge on any atom is 0.328 e. The van der Waals surface area contributed by atoms with Crippen molar-refractivity contribution in [2.75, 3.05) is 0 Å². The zero-order valence-electron chi connectivity index (χ0n) is 14.2. The van der Waals surface area contributed by atoms with Gasteiger partial charge in [-0.3, -0.25) is 4.98 Å². The van der Waals surface area contributed by atoms with Crippen molar-refractivity contribution in [3.63, 3.8) is 0 Å². The van der Waals surface area contributed by atoms with E-state index in [1.54, 1.807) is 0 Å². The molecule has 25 heavy (non-hydrogen) atoms. The van der Waals surface area contributed by atoms with Crippen LogP contribution in [-0.2, 0) is 15.0 Å². The van der Waals surface area contributed by atoms with Crippen molar-refractivity contribution < 1.29 is 19.8 Å². The van der Waals surface area contributed by atoms with Gasteiger partial charge in [0.05, 0.1) is 0 Å². The van der Waals surface area contributed by atoms with E-state index >= 15 is 0 Å². The van der Waals surface area contributed by atoms with Gasteiger partial charge < -0.3 is 15.9 Å². The smallest absolute Gasteiger partial charge is 0.328 e. The van der Waals surface area contributed by atoms with Gasteiger partial charge in [-0.1, -0.05) is 50.2 Å². The summed E-state index contributed by atoms with van der Waals surface area (Å²) in [6.45, 7) is 4.26. The summed E-state index contributed by atoms with van der Waals surface area (Å²) in [5.41, 5.74) is 8.35. The first-order valence-electron chi connectivity index (χ1n) is 7.61. The minimum Gasteiger partial charge on any atom is -0.478 e. The molecule has 0 aliphatic heterocycles. The summed E-state index contributed by atoms with van der Waals surface area (Å²) in [5.74, 6) is -2.51. The van der Waals surface area contributed by atoms with E-state index in [0.717, 1.165) is 11.3 Å². The Kier molecular flexibility index (Phi) is 7.49. The molecule has 6 nitrogen and oxygen atoms in total. The molecule has 1 heterocycles. The Bertz CT molecular complexity index is 697. The fourth-order valence-electron chi connectivity index (χ4n) is 2.12. The second-order valence-corrected chi connectivity index (χ2v) is 5.83. The molecule has 1 unspecified atom stereocenters. The number of carboxylic acids is 2. The summed E-state index contributed by atoms with van der Waals surface area (Å²) in [5, 5.41) is 15.6. The highest BCUT2D eigenvalue weighted by Crippen LogP contribution is 2.33. The van der Waals surface area contributed by atoms with E-state index in [1.807, 2.05) is 42.6 Å². The predicted molar refractivity (Wildman–Crippen MR) is 95.0 cm³/mol. The average Bonchev–Trinajstić information content (AvgIpc) is 2.61. The number of pyridine rings is 1. The Balaban J connectivity index is 0.000000333. The minimum absolute atomic E-state index is 0.0569. The maximum absolute atomic E-state index is 9.55. The van der Waals surface area contributed by atoms with Gasteiger partial charge in [0, 0.05) is 35.5 Å². The van der Waals surface area contributed by atoms with Crippen LogP contribution in [0.2, 0.25) is 0 Å². The summed E-state index contributed by atoms with van der Waals surface area (Å²) >= 11 is 0. The Morgan fingerprint density at radius 3 is 1.96 bits per heavy atom. The van der Waals surface area contributed by atoms with Crippen LogP contribution in [0.15, 0.2) is 66.9 Å². The Labute approximate surface area is 146 Å². The first kappa shape index (κ1) is 20.1. The molecule has 0 spiro atoms. The molecule has 0 saturated carbocycles. The van der Waals surface area contributed by atoms with Crippen LogP contribution in [0.5, 0.6) is 0 Å². The summed E-state index contributed by atoms with van der Waals surface area (Å²) in [7, 11) is 0. The molecular formula is C19H22N2O4. The number of aliphatic carboxylic acids is 2. The summed E-state index contributed by atoms with van der Waals surface area (Å²) in [4.78, 5) is 23.5. The Morgan fingerprint density at radius 1 is 1.00 bits per heavy atom. The Hall–Kier alpha value is -2.99. The van der Waals surface area contributed by atoms with Crippen molar-refractivity contribution in [3.05, 3.63) is 78.1 Å². The number of rotatable bonds is 5. The number of carboxylic acid groups (broad SMARTS) is 2. The molecule has 6 heteroatoms. The second-order valence-electron chi connectivity index (χ2n) is 5.83. The standard InChI is InChI=1S/C15H18N2.C4H4O4/c1-15(2,13-10-6-7-11-17-13)14(16)12-8-4-3-5-9-12;5-3(6)1-2-4(7)8/h3-11,14H,16H2,1-2H3;1-2H,(H,5,6)(H,7,8)/b;2-1+. The molecule has 0 amide bonds. The molecule has 0 aliphatic rings. The van der Waals surface area contributed by atoms with Crippen molar-refractivity contribution in [3.8, 4) is 0 Å². The van der Waals surface area contributed by atoms with E-state index in [-0.39, 0.29) is 11.5 Å². The van der Waals surface area contributed by atoms with Gasteiger partial charge in [0.2, 0.25) is 0 Å². The van der Waals surface area contributed by atoms with Crippen molar-refractivity contribution in [1.82, 2.24) is 4.98 Å². The van der Waals surface area contributed by atoms with Crippen molar-refractivity contribution >= 4 is 11.9 Å². The lowest BCUT2D eigenvalue weighted by Crippen LogP contribution is -2.33. The normalized spacial score (nSPS) is 12.1. The van der Waals surface area contributed by atoms with E-state index in [0.29, 0.717) is 12.2 Å². The average molecular weight is 342 g/mol. The van der Waals surface area contributed by atoms with Crippen LogP contribution in [0.4, 0.5) is 0 Å². The molecule has 1 atom stereocenters. The van der Waals surface area contributed by atoms with Crippen molar-refractivity contribution in [1.29, 1.82) is 0 Å². The van der Waals surface area contributed by atoms with Gasteiger partial charge in [-0.05, 0) is 17.7 Å². The zero-order valence-corrected chi connectivity index (χ0v) is 14.2. The van der Waals surface area contributed by atoms with Crippen molar-refractivity contribution in [2.45, 2.75) is 25.3 Å². The number of hydrogen-bond acceptors (Lipinski definition) is 4. The van der Waals surface area contributed by atoms with Gasteiger partial charge in [0.25, 0.3) is 0 Å². The predicted octanol–water partition coefficient (Wildman–Crippen LogP) is 2.77. The molecule has 2 aromatic rings. The second kappa shape index (κ2) is 9.34. The number of hydrogen-bond donors (Lipinski definition) is 3. The van der Waals surface area contributed by atoms with Gasteiger partial charge in [0.1, 0.15) is 0 Å². The molecular weight excluding hydrogens is 320 g/mol. The SMILES string of the molecule is CC(C)(c1ccccn1)C(N)c1ccccc1.O=C(O)/C=C/C(=O)O.